The molecule has 0 radical (unpaired) electrons. The number of benzene rings is 2. The third-order valence-corrected chi connectivity index (χ3v) is 6.37. The molecule has 3 rings (SSSR count). The number of sulfonamides is 1. The van der Waals surface area contributed by atoms with E-state index in [2.05, 4.69) is 11.3 Å². The molecule has 0 saturated carbocycles. The topological polar surface area (TPSA) is 64.6 Å². The van der Waals surface area contributed by atoms with Gasteiger partial charge < -0.3 is 9.31 Å². The zero-order valence-electron chi connectivity index (χ0n) is 15.2. The van der Waals surface area contributed by atoms with Crippen LogP contribution in [0.25, 0.3) is 0 Å². The number of halogens is 1. The number of hydrogen-bond acceptors (Lipinski definition) is 4. The van der Waals surface area contributed by atoms with Crippen molar-refractivity contribution in [2.45, 2.75) is 30.8 Å². The average Bonchev–Trinajstić information content (AvgIpc) is 2.89. The predicted molar refractivity (Wildman–Crippen MR) is 108 cm³/mol. The van der Waals surface area contributed by atoms with Crippen molar-refractivity contribution in [3.05, 3.63) is 71.5 Å². The van der Waals surface area contributed by atoms with Gasteiger partial charge in [0, 0.05) is 6.54 Å². The summed E-state index contributed by atoms with van der Waals surface area (Å²) in [5, 5.41) is 0.204. The Morgan fingerprint density at radius 2 is 1.81 bits per heavy atom. The molecule has 8 heteroatoms. The Kier molecular flexibility index (Phi) is 5.67. The van der Waals surface area contributed by atoms with Crippen LogP contribution >= 0.6 is 11.6 Å². The van der Waals surface area contributed by atoms with Crippen molar-refractivity contribution >= 4 is 34.2 Å². The van der Waals surface area contributed by atoms with Crippen LogP contribution in [0.1, 0.15) is 19.4 Å². The molecule has 1 saturated heterocycles. The zero-order valence-corrected chi connectivity index (χ0v) is 16.8. The summed E-state index contributed by atoms with van der Waals surface area (Å²) >= 11 is 5.97. The van der Waals surface area contributed by atoms with Crippen LogP contribution in [0.5, 0.6) is 0 Å². The summed E-state index contributed by atoms with van der Waals surface area (Å²) in [6, 6.07) is 14.1. The summed E-state index contributed by atoms with van der Waals surface area (Å²) in [4.78, 5) is 0.0837. The highest BCUT2D eigenvalue weighted by atomic mass is 35.5. The van der Waals surface area contributed by atoms with Crippen LogP contribution in [0.4, 0.5) is 0 Å². The van der Waals surface area contributed by atoms with E-state index >= 15 is 0 Å². The molecule has 0 aromatic heterocycles. The van der Waals surface area contributed by atoms with Gasteiger partial charge in [0.15, 0.2) is 0 Å². The maximum atomic E-state index is 12.3. The lowest BCUT2D eigenvalue weighted by Crippen LogP contribution is -2.34. The second-order valence-corrected chi connectivity index (χ2v) is 8.96. The normalized spacial score (nSPS) is 16.4. The van der Waals surface area contributed by atoms with Gasteiger partial charge in [0.2, 0.25) is 10.0 Å². The summed E-state index contributed by atoms with van der Waals surface area (Å²) in [6.45, 7) is 7.97. The van der Waals surface area contributed by atoms with E-state index in [9.17, 15) is 8.42 Å². The highest BCUT2D eigenvalue weighted by Gasteiger charge is 2.42. The number of hydrogen-bond donors (Lipinski definition) is 1. The molecular weight excluding hydrogens is 385 g/mol. The van der Waals surface area contributed by atoms with Gasteiger partial charge in [-0.25, -0.2) is 13.1 Å². The number of rotatable bonds is 6. The first-order valence-electron chi connectivity index (χ1n) is 8.56. The van der Waals surface area contributed by atoms with E-state index in [1.54, 1.807) is 18.2 Å². The average molecular weight is 406 g/mol. The molecule has 0 atom stereocenters. The van der Waals surface area contributed by atoms with Gasteiger partial charge in [-0.15, -0.1) is 0 Å². The molecule has 0 spiro atoms. The standard InChI is InChI=1S/C19H21BClNO4S/c1-14-19(2,3)26-20(25-14)16-10-8-15(9-11-16)12-13-22-27(23,24)18-7-5-4-6-17(18)21/h4-11,22H,1,12-13H2,2-3H3. The first-order chi connectivity index (χ1) is 12.7. The summed E-state index contributed by atoms with van der Waals surface area (Å²) in [5.41, 5.74) is 1.37. The van der Waals surface area contributed by atoms with E-state index in [1.165, 1.54) is 6.07 Å². The van der Waals surface area contributed by atoms with Gasteiger partial charge >= 0.3 is 7.12 Å². The van der Waals surface area contributed by atoms with Crippen LogP contribution in [-0.2, 0) is 25.8 Å². The Hall–Kier alpha value is -1.80. The monoisotopic (exact) mass is 405 g/mol. The Labute approximate surface area is 165 Å². The largest absolute Gasteiger partial charge is 0.563 e. The molecule has 1 N–H and O–H groups in total. The molecular formula is C19H21BClNO4S. The van der Waals surface area contributed by atoms with Crippen LogP contribution < -0.4 is 10.2 Å². The Morgan fingerprint density at radius 3 is 2.41 bits per heavy atom. The van der Waals surface area contributed by atoms with Gasteiger partial charge in [-0.3, -0.25) is 0 Å². The lowest BCUT2D eigenvalue weighted by Gasteiger charge is -2.15. The highest BCUT2D eigenvalue weighted by Crippen LogP contribution is 2.29. The summed E-state index contributed by atoms with van der Waals surface area (Å²) in [7, 11) is -4.11. The second kappa shape index (κ2) is 7.68. The van der Waals surface area contributed by atoms with Crippen molar-refractivity contribution in [2.75, 3.05) is 6.54 Å². The van der Waals surface area contributed by atoms with Crippen LogP contribution in [0.3, 0.4) is 0 Å². The molecule has 2 aromatic rings. The predicted octanol–water partition coefficient (Wildman–Crippen LogP) is 2.90. The maximum absolute atomic E-state index is 12.3. The third kappa shape index (κ3) is 4.55. The van der Waals surface area contributed by atoms with E-state index in [4.69, 9.17) is 20.9 Å². The lowest BCUT2D eigenvalue weighted by molar-refractivity contribution is 0.173. The SMILES string of the molecule is C=C1OB(c2ccc(CCNS(=O)(=O)c3ccccc3Cl)cc2)OC1(C)C. The first kappa shape index (κ1) is 20.0. The molecule has 0 aliphatic carbocycles. The fourth-order valence-electron chi connectivity index (χ4n) is 2.68. The maximum Gasteiger partial charge on any atom is 0.563 e. The van der Waals surface area contributed by atoms with E-state index in [1.807, 2.05) is 38.1 Å². The fraction of sp³-hybridized carbons (Fsp3) is 0.263. The third-order valence-electron chi connectivity index (χ3n) is 4.41. The summed E-state index contributed by atoms with van der Waals surface area (Å²) in [6.07, 6.45) is 0.550. The zero-order chi connectivity index (χ0) is 19.7. The van der Waals surface area contributed by atoms with Crippen molar-refractivity contribution in [3.63, 3.8) is 0 Å². The number of nitrogens with one attached hydrogen (secondary N) is 1. The van der Waals surface area contributed by atoms with Crippen molar-refractivity contribution in [1.29, 1.82) is 0 Å². The second-order valence-electron chi connectivity index (χ2n) is 6.82. The Morgan fingerprint density at radius 1 is 1.15 bits per heavy atom. The quantitative estimate of drug-likeness (QED) is 0.751. The van der Waals surface area contributed by atoms with Crippen molar-refractivity contribution < 1.29 is 17.7 Å². The molecule has 1 heterocycles. The summed E-state index contributed by atoms with van der Waals surface area (Å²) < 4.78 is 38.7. The molecule has 0 bridgehead atoms. The van der Waals surface area contributed by atoms with Gasteiger partial charge in [-0.2, -0.15) is 0 Å². The molecule has 27 heavy (non-hydrogen) atoms. The minimum atomic E-state index is -3.63. The molecule has 1 fully saturated rings. The molecule has 142 valence electrons. The Bertz CT molecular complexity index is 944. The van der Waals surface area contributed by atoms with Crippen molar-refractivity contribution in [1.82, 2.24) is 4.72 Å². The van der Waals surface area contributed by atoms with Gasteiger partial charge in [0.05, 0.1) is 10.8 Å². The van der Waals surface area contributed by atoms with Crippen LogP contribution in [0.2, 0.25) is 5.02 Å². The van der Waals surface area contributed by atoms with E-state index < -0.39 is 22.7 Å². The molecule has 0 unspecified atom stereocenters. The van der Waals surface area contributed by atoms with Crippen molar-refractivity contribution in [3.8, 4) is 0 Å². The van der Waals surface area contributed by atoms with Crippen LogP contribution in [-0.4, -0.2) is 27.7 Å². The minimum Gasteiger partial charge on any atom is -0.534 e. The molecule has 2 aromatic carbocycles. The first-order valence-corrected chi connectivity index (χ1v) is 10.4. The van der Waals surface area contributed by atoms with E-state index in [-0.39, 0.29) is 16.5 Å². The highest BCUT2D eigenvalue weighted by molar-refractivity contribution is 7.89. The van der Waals surface area contributed by atoms with Crippen molar-refractivity contribution in [2.24, 2.45) is 0 Å². The smallest absolute Gasteiger partial charge is 0.534 e. The molecule has 0 amide bonds. The van der Waals surface area contributed by atoms with Gasteiger partial charge in [-0.05, 0) is 43.4 Å². The van der Waals surface area contributed by atoms with Gasteiger partial charge in [-0.1, -0.05) is 54.6 Å². The van der Waals surface area contributed by atoms with E-state index in [0.717, 1.165) is 11.0 Å². The van der Waals surface area contributed by atoms with Crippen LogP contribution in [0.15, 0.2) is 65.8 Å². The summed E-state index contributed by atoms with van der Waals surface area (Å²) in [5.74, 6) is 0.602. The lowest BCUT2D eigenvalue weighted by atomic mass is 9.79. The minimum absolute atomic E-state index is 0.0837. The molecule has 1 aliphatic heterocycles. The molecule has 5 nitrogen and oxygen atoms in total. The van der Waals surface area contributed by atoms with Gasteiger partial charge in [0.1, 0.15) is 10.5 Å². The Balaban J connectivity index is 1.58. The van der Waals surface area contributed by atoms with Crippen LogP contribution in [0, 0.1) is 0 Å². The molecule has 1 aliphatic rings. The van der Waals surface area contributed by atoms with Gasteiger partial charge in [0.25, 0.3) is 0 Å². The van der Waals surface area contributed by atoms with E-state index in [0.29, 0.717) is 12.2 Å². The fourth-order valence-corrected chi connectivity index (χ4v) is 4.23.